The Hall–Kier alpha value is -1.10. The van der Waals surface area contributed by atoms with Gasteiger partial charge in [0.2, 0.25) is 5.91 Å². The SMILES string of the molecule is COC(=O)CCCNC(C(N)=O)C(C)C. The Bertz CT molecular complexity index is 217. The Morgan fingerprint density at radius 3 is 2.40 bits per heavy atom. The topological polar surface area (TPSA) is 81.4 Å². The van der Waals surface area contributed by atoms with Crippen molar-refractivity contribution in [3.8, 4) is 0 Å². The number of nitrogens with one attached hydrogen (secondary N) is 1. The Morgan fingerprint density at radius 1 is 1.40 bits per heavy atom. The van der Waals surface area contributed by atoms with Gasteiger partial charge in [0.25, 0.3) is 0 Å². The number of carbonyl (C=O) groups excluding carboxylic acids is 2. The maximum Gasteiger partial charge on any atom is 0.305 e. The van der Waals surface area contributed by atoms with Gasteiger partial charge in [0, 0.05) is 6.42 Å². The molecule has 0 aromatic heterocycles. The first-order valence-corrected chi connectivity index (χ1v) is 5.08. The van der Waals surface area contributed by atoms with Crippen molar-refractivity contribution in [1.82, 2.24) is 5.32 Å². The lowest BCUT2D eigenvalue weighted by Crippen LogP contribution is -2.45. The van der Waals surface area contributed by atoms with Gasteiger partial charge in [-0.15, -0.1) is 0 Å². The molecule has 0 aliphatic heterocycles. The number of methoxy groups -OCH3 is 1. The fraction of sp³-hybridized carbons (Fsp3) is 0.800. The molecule has 0 saturated carbocycles. The molecule has 15 heavy (non-hydrogen) atoms. The summed E-state index contributed by atoms with van der Waals surface area (Å²) in [5.41, 5.74) is 5.21. The number of amides is 1. The van der Waals surface area contributed by atoms with Gasteiger partial charge in [-0.05, 0) is 18.9 Å². The fourth-order valence-electron chi connectivity index (χ4n) is 1.26. The zero-order chi connectivity index (χ0) is 11.8. The zero-order valence-corrected chi connectivity index (χ0v) is 9.58. The van der Waals surface area contributed by atoms with Gasteiger partial charge in [0.05, 0.1) is 13.2 Å². The average molecular weight is 216 g/mol. The molecule has 0 fully saturated rings. The predicted octanol–water partition coefficient (Wildman–Crippen LogP) is 0.0391. The number of carbonyl (C=O) groups is 2. The lowest BCUT2D eigenvalue weighted by atomic mass is 10.0. The van der Waals surface area contributed by atoms with Gasteiger partial charge in [-0.2, -0.15) is 0 Å². The minimum absolute atomic E-state index is 0.153. The summed E-state index contributed by atoms with van der Waals surface area (Å²) in [4.78, 5) is 21.8. The molecule has 0 aromatic carbocycles. The van der Waals surface area contributed by atoms with Crippen LogP contribution in [0.1, 0.15) is 26.7 Å². The summed E-state index contributed by atoms with van der Waals surface area (Å²) >= 11 is 0. The molecule has 1 atom stereocenters. The van der Waals surface area contributed by atoms with Gasteiger partial charge in [-0.25, -0.2) is 0 Å². The summed E-state index contributed by atoms with van der Waals surface area (Å²) in [6, 6.07) is -0.331. The lowest BCUT2D eigenvalue weighted by Gasteiger charge is -2.18. The van der Waals surface area contributed by atoms with E-state index in [9.17, 15) is 9.59 Å². The maximum absolute atomic E-state index is 11.0. The average Bonchev–Trinajstić information content (AvgIpc) is 2.15. The zero-order valence-electron chi connectivity index (χ0n) is 9.58. The smallest absolute Gasteiger partial charge is 0.305 e. The van der Waals surface area contributed by atoms with E-state index in [-0.39, 0.29) is 23.8 Å². The van der Waals surface area contributed by atoms with Crippen molar-refractivity contribution in [2.24, 2.45) is 11.7 Å². The Morgan fingerprint density at radius 2 is 2.00 bits per heavy atom. The summed E-state index contributed by atoms with van der Waals surface area (Å²) in [6.45, 7) is 4.42. The van der Waals surface area contributed by atoms with Crippen molar-refractivity contribution in [3.05, 3.63) is 0 Å². The highest BCUT2D eigenvalue weighted by molar-refractivity contribution is 5.80. The molecule has 1 amide bonds. The summed E-state index contributed by atoms with van der Waals surface area (Å²) in [6.07, 6.45) is 0.996. The molecule has 0 saturated heterocycles. The molecule has 0 rings (SSSR count). The standard InChI is InChI=1S/C10H20N2O3/c1-7(2)9(10(11)14)12-6-4-5-8(13)15-3/h7,9,12H,4-6H2,1-3H3,(H2,11,14). The van der Waals surface area contributed by atoms with Crippen LogP contribution in [-0.4, -0.2) is 31.6 Å². The first-order chi connectivity index (χ1) is 6.99. The number of hydrogen-bond donors (Lipinski definition) is 2. The van der Waals surface area contributed by atoms with E-state index in [0.717, 1.165) is 0 Å². The summed E-state index contributed by atoms with van der Waals surface area (Å²) in [5.74, 6) is -0.444. The highest BCUT2D eigenvalue weighted by Crippen LogP contribution is 2.01. The molecule has 0 spiro atoms. The molecule has 88 valence electrons. The highest BCUT2D eigenvalue weighted by atomic mass is 16.5. The van der Waals surface area contributed by atoms with Crippen LogP contribution in [0.2, 0.25) is 0 Å². The molecule has 5 heteroatoms. The van der Waals surface area contributed by atoms with E-state index in [1.807, 2.05) is 13.8 Å². The van der Waals surface area contributed by atoms with Gasteiger partial charge >= 0.3 is 5.97 Å². The second kappa shape index (κ2) is 7.23. The maximum atomic E-state index is 11.0. The van der Waals surface area contributed by atoms with Gasteiger partial charge < -0.3 is 15.8 Å². The first kappa shape index (κ1) is 13.9. The van der Waals surface area contributed by atoms with Crippen molar-refractivity contribution in [1.29, 1.82) is 0 Å². The third kappa shape index (κ3) is 6.06. The monoisotopic (exact) mass is 216 g/mol. The second-order valence-corrected chi connectivity index (χ2v) is 3.76. The molecular formula is C10H20N2O3. The van der Waals surface area contributed by atoms with Crippen molar-refractivity contribution in [2.75, 3.05) is 13.7 Å². The number of esters is 1. The highest BCUT2D eigenvalue weighted by Gasteiger charge is 2.17. The molecule has 0 heterocycles. The van der Waals surface area contributed by atoms with Gasteiger partial charge in [0.1, 0.15) is 0 Å². The van der Waals surface area contributed by atoms with Crippen molar-refractivity contribution < 1.29 is 14.3 Å². The predicted molar refractivity (Wildman–Crippen MR) is 57.1 cm³/mol. The normalized spacial score (nSPS) is 12.5. The molecule has 3 N–H and O–H groups in total. The van der Waals surface area contributed by atoms with Crippen LogP contribution in [-0.2, 0) is 14.3 Å². The first-order valence-electron chi connectivity index (χ1n) is 5.08. The summed E-state index contributed by atoms with van der Waals surface area (Å²) < 4.78 is 4.49. The molecule has 0 radical (unpaired) electrons. The molecule has 0 aliphatic rings. The van der Waals surface area contributed by atoms with E-state index in [1.54, 1.807) is 0 Å². The van der Waals surface area contributed by atoms with Crippen molar-refractivity contribution in [2.45, 2.75) is 32.7 Å². The van der Waals surface area contributed by atoms with E-state index >= 15 is 0 Å². The Labute approximate surface area is 90.4 Å². The lowest BCUT2D eigenvalue weighted by molar-refractivity contribution is -0.140. The minimum atomic E-state index is -0.358. The van der Waals surface area contributed by atoms with Crippen molar-refractivity contribution in [3.63, 3.8) is 0 Å². The van der Waals surface area contributed by atoms with E-state index in [4.69, 9.17) is 5.73 Å². The van der Waals surface area contributed by atoms with Crippen LogP contribution in [0.5, 0.6) is 0 Å². The summed E-state index contributed by atoms with van der Waals surface area (Å²) in [5, 5.41) is 3.02. The van der Waals surface area contributed by atoms with Crippen LogP contribution in [0, 0.1) is 5.92 Å². The third-order valence-electron chi connectivity index (χ3n) is 2.12. The number of ether oxygens (including phenoxy) is 1. The summed E-state index contributed by atoms with van der Waals surface area (Å²) in [7, 11) is 1.36. The van der Waals surface area contributed by atoms with E-state index in [1.165, 1.54) is 7.11 Å². The van der Waals surface area contributed by atoms with Crippen molar-refractivity contribution >= 4 is 11.9 Å². The van der Waals surface area contributed by atoms with Crippen LogP contribution in [0.3, 0.4) is 0 Å². The van der Waals surface area contributed by atoms with Crippen LogP contribution in [0.15, 0.2) is 0 Å². The Kier molecular flexibility index (Phi) is 6.70. The minimum Gasteiger partial charge on any atom is -0.469 e. The van der Waals surface area contributed by atoms with Crippen LogP contribution in [0.25, 0.3) is 0 Å². The molecule has 1 unspecified atom stereocenters. The number of rotatable bonds is 7. The van der Waals surface area contributed by atoms with E-state index < -0.39 is 0 Å². The molecule has 0 aromatic rings. The Balaban J connectivity index is 3.72. The van der Waals surface area contributed by atoms with Crippen LogP contribution in [0.4, 0.5) is 0 Å². The van der Waals surface area contributed by atoms with E-state index in [2.05, 4.69) is 10.1 Å². The fourth-order valence-corrected chi connectivity index (χ4v) is 1.26. The molecule has 0 aliphatic carbocycles. The molecule has 5 nitrogen and oxygen atoms in total. The van der Waals surface area contributed by atoms with E-state index in [0.29, 0.717) is 19.4 Å². The van der Waals surface area contributed by atoms with Gasteiger partial charge in [-0.3, -0.25) is 9.59 Å². The number of nitrogens with two attached hydrogens (primary N) is 1. The number of primary amides is 1. The van der Waals surface area contributed by atoms with Gasteiger partial charge in [0.15, 0.2) is 0 Å². The second-order valence-electron chi connectivity index (χ2n) is 3.76. The number of hydrogen-bond acceptors (Lipinski definition) is 4. The molecule has 0 bridgehead atoms. The quantitative estimate of drug-likeness (QED) is 0.465. The van der Waals surface area contributed by atoms with Gasteiger partial charge in [-0.1, -0.05) is 13.8 Å². The molecular weight excluding hydrogens is 196 g/mol. The largest absolute Gasteiger partial charge is 0.469 e. The van der Waals surface area contributed by atoms with Crippen LogP contribution >= 0.6 is 0 Å². The third-order valence-corrected chi connectivity index (χ3v) is 2.12. The van der Waals surface area contributed by atoms with Crippen LogP contribution < -0.4 is 11.1 Å².